The van der Waals surface area contributed by atoms with Crippen molar-refractivity contribution in [2.24, 2.45) is 0 Å². The Morgan fingerprint density at radius 2 is 0.897 bits per heavy atom. The fraction of sp³-hybridized carbons (Fsp3) is 0.909. The third-order valence-electron chi connectivity index (χ3n) is 3.96. The molecule has 0 aliphatic carbocycles. The predicted octanol–water partition coefficient (Wildman–Crippen LogP) is 4.63. The average molecular weight is 423 g/mol. The van der Waals surface area contributed by atoms with E-state index in [1.54, 1.807) is 0 Å². The van der Waals surface area contributed by atoms with Crippen molar-refractivity contribution in [2.45, 2.75) is 104 Å². The first-order chi connectivity index (χ1) is 14.0. The number of aliphatic carboxylic acids is 2. The summed E-state index contributed by atoms with van der Waals surface area (Å²) >= 11 is 0. The van der Waals surface area contributed by atoms with Crippen LogP contribution in [0.25, 0.3) is 0 Å². The molecule has 7 heteroatoms. The van der Waals surface area contributed by atoms with E-state index in [9.17, 15) is 9.59 Å². The zero-order chi connectivity index (χ0) is 22.6. The minimum atomic E-state index is -0.666. The van der Waals surface area contributed by atoms with Crippen LogP contribution in [0, 0.1) is 0 Å². The predicted molar refractivity (Wildman–Crippen MR) is 116 cm³/mol. The van der Waals surface area contributed by atoms with E-state index in [-0.39, 0.29) is 13.2 Å². The number of ether oxygens (including phenoxy) is 1. The van der Waals surface area contributed by atoms with Crippen LogP contribution in [0.1, 0.15) is 104 Å². The molecule has 0 unspecified atom stereocenters. The molecule has 0 spiro atoms. The third-order valence-corrected chi connectivity index (χ3v) is 3.96. The molecule has 0 rings (SSSR count). The summed E-state index contributed by atoms with van der Waals surface area (Å²) in [6.07, 6.45) is 14.5. The minimum Gasteiger partial charge on any atom is -0.481 e. The van der Waals surface area contributed by atoms with Gasteiger partial charge in [0.2, 0.25) is 0 Å². The Morgan fingerprint density at radius 3 is 1.17 bits per heavy atom. The second kappa shape index (κ2) is 31.5. The fourth-order valence-corrected chi connectivity index (χ4v) is 2.34. The van der Waals surface area contributed by atoms with Gasteiger partial charge in [0.1, 0.15) is 0 Å². The standard InChI is InChI=1S/2C9H18O2.C4H10O3/c2*1-2-3-4-5-6-7-8-9(10)11;5-1-3-7-4-2-6/h2*2-8H2,1H3,(H,10,11);5-6H,1-4H2. The van der Waals surface area contributed by atoms with Crippen LogP contribution >= 0.6 is 0 Å². The number of rotatable bonds is 18. The molecule has 0 aromatic heterocycles. The monoisotopic (exact) mass is 422 g/mol. The normalized spacial score (nSPS) is 9.79. The van der Waals surface area contributed by atoms with Crippen molar-refractivity contribution in [1.82, 2.24) is 0 Å². The molecule has 0 aliphatic rings. The van der Waals surface area contributed by atoms with Crippen LogP contribution in [0.15, 0.2) is 0 Å². The Kier molecular flexibility index (Phi) is 35.3. The van der Waals surface area contributed by atoms with Gasteiger partial charge in [0.05, 0.1) is 26.4 Å². The molecule has 0 bridgehead atoms. The molecular weight excluding hydrogens is 376 g/mol. The van der Waals surface area contributed by atoms with Gasteiger partial charge in [-0.05, 0) is 12.8 Å². The molecule has 0 aromatic carbocycles. The number of carboxylic acid groups (broad SMARTS) is 2. The highest BCUT2D eigenvalue weighted by molar-refractivity contribution is 5.66. The highest BCUT2D eigenvalue weighted by Crippen LogP contribution is 2.07. The Bertz CT molecular complexity index is 292. The summed E-state index contributed by atoms with van der Waals surface area (Å²) in [7, 11) is 0. The van der Waals surface area contributed by atoms with Crippen LogP contribution in [0.2, 0.25) is 0 Å². The van der Waals surface area contributed by atoms with Crippen molar-refractivity contribution in [3.05, 3.63) is 0 Å². The number of hydrogen-bond donors (Lipinski definition) is 4. The van der Waals surface area contributed by atoms with Crippen molar-refractivity contribution in [1.29, 1.82) is 0 Å². The van der Waals surface area contributed by atoms with Crippen molar-refractivity contribution in [3.8, 4) is 0 Å². The van der Waals surface area contributed by atoms with Gasteiger partial charge in [0.25, 0.3) is 0 Å². The molecule has 0 aromatic rings. The number of carbonyl (C=O) groups is 2. The van der Waals surface area contributed by atoms with E-state index < -0.39 is 11.9 Å². The average Bonchev–Trinajstić information content (AvgIpc) is 2.68. The molecule has 0 saturated carbocycles. The lowest BCUT2D eigenvalue weighted by molar-refractivity contribution is -0.138. The highest BCUT2D eigenvalue weighted by Gasteiger charge is 1.96. The Balaban J connectivity index is -0.000000360. The molecular formula is C22H46O7. The van der Waals surface area contributed by atoms with Gasteiger partial charge in [-0.25, -0.2) is 0 Å². The van der Waals surface area contributed by atoms with Gasteiger partial charge in [-0.2, -0.15) is 0 Å². The van der Waals surface area contributed by atoms with Gasteiger partial charge in [0, 0.05) is 12.8 Å². The second-order valence-corrected chi connectivity index (χ2v) is 6.88. The van der Waals surface area contributed by atoms with Gasteiger partial charge in [0.15, 0.2) is 0 Å². The van der Waals surface area contributed by atoms with E-state index in [1.165, 1.54) is 51.4 Å². The summed E-state index contributed by atoms with van der Waals surface area (Å²) in [5.74, 6) is -1.33. The van der Waals surface area contributed by atoms with E-state index >= 15 is 0 Å². The van der Waals surface area contributed by atoms with Crippen LogP contribution in [-0.2, 0) is 14.3 Å². The molecule has 0 saturated heterocycles. The van der Waals surface area contributed by atoms with Gasteiger partial charge < -0.3 is 25.2 Å². The topological polar surface area (TPSA) is 124 Å². The quantitative estimate of drug-likeness (QED) is 0.237. The van der Waals surface area contributed by atoms with E-state index in [4.69, 9.17) is 20.4 Å². The number of carboxylic acids is 2. The van der Waals surface area contributed by atoms with Crippen molar-refractivity contribution in [2.75, 3.05) is 26.4 Å². The molecule has 0 amide bonds. The van der Waals surface area contributed by atoms with E-state index in [0.29, 0.717) is 26.1 Å². The molecule has 0 fully saturated rings. The highest BCUT2D eigenvalue weighted by atomic mass is 16.5. The first-order valence-corrected chi connectivity index (χ1v) is 11.2. The molecule has 176 valence electrons. The SMILES string of the molecule is CCCCCCCCC(=O)O.CCCCCCCCC(=O)O.OCCOCCO. The van der Waals surface area contributed by atoms with Gasteiger partial charge in [-0.1, -0.05) is 78.1 Å². The van der Waals surface area contributed by atoms with Crippen molar-refractivity contribution in [3.63, 3.8) is 0 Å². The maximum absolute atomic E-state index is 10.1. The first kappa shape index (κ1) is 32.5. The van der Waals surface area contributed by atoms with Crippen molar-refractivity contribution >= 4 is 11.9 Å². The van der Waals surface area contributed by atoms with Crippen LogP contribution in [-0.4, -0.2) is 58.8 Å². The zero-order valence-electron chi connectivity index (χ0n) is 18.7. The van der Waals surface area contributed by atoms with E-state index in [1.807, 2.05) is 0 Å². The van der Waals surface area contributed by atoms with E-state index in [0.717, 1.165) is 25.7 Å². The molecule has 0 heterocycles. The lowest BCUT2D eigenvalue weighted by Gasteiger charge is -1.97. The Labute approximate surface area is 177 Å². The molecule has 4 N–H and O–H groups in total. The summed E-state index contributed by atoms with van der Waals surface area (Å²) in [5.41, 5.74) is 0. The number of unbranched alkanes of at least 4 members (excludes halogenated alkanes) is 10. The van der Waals surface area contributed by atoms with Crippen LogP contribution < -0.4 is 0 Å². The number of hydrogen-bond acceptors (Lipinski definition) is 5. The van der Waals surface area contributed by atoms with Crippen LogP contribution in [0.3, 0.4) is 0 Å². The summed E-state index contributed by atoms with van der Waals surface area (Å²) in [4.78, 5) is 20.2. The summed E-state index contributed by atoms with van der Waals surface area (Å²) in [6.45, 7) is 5.05. The largest absolute Gasteiger partial charge is 0.481 e. The summed E-state index contributed by atoms with van der Waals surface area (Å²) < 4.78 is 4.63. The lowest BCUT2D eigenvalue weighted by Crippen LogP contribution is -2.03. The zero-order valence-corrected chi connectivity index (χ0v) is 18.7. The maximum atomic E-state index is 10.1. The molecule has 0 aliphatic heterocycles. The smallest absolute Gasteiger partial charge is 0.303 e. The molecule has 7 nitrogen and oxygen atoms in total. The summed E-state index contributed by atoms with van der Waals surface area (Å²) in [5, 5.41) is 32.8. The van der Waals surface area contributed by atoms with Crippen LogP contribution in [0.4, 0.5) is 0 Å². The molecule has 29 heavy (non-hydrogen) atoms. The molecule has 0 atom stereocenters. The van der Waals surface area contributed by atoms with Gasteiger partial charge >= 0.3 is 11.9 Å². The van der Waals surface area contributed by atoms with Gasteiger partial charge in [-0.3, -0.25) is 9.59 Å². The molecule has 0 radical (unpaired) electrons. The van der Waals surface area contributed by atoms with Gasteiger partial charge in [-0.15, -0.1) is 0 Å². The maximum Gasteiger partial charge on any atom is 0.303 e. The van der Waals surface area contributed by atoms with E-state index in [2.05, 4.69) is 18.6 Å². The van der Waals surface area contributed by atoms with Crippen molar-refractivity contribution < 1.29 is 34.8 Å². The number of aliphatic hydroxyl groups is 2. The third kappa shape index (κ3) is 46.6. The first-order valence-electron chi connectivity index (χ1n) is 11.2. The Hall–Kier alpha value is -1.18. The number of aliphatic hydroxyl groups excluding tert-OH is 2. The Morgan fingerprint density at radius 1 is 0.586 bits per heavy atom. The van der Waals surface area contributed by atoms with Crippen LogP contribution in [0.5, 0.6) is 0 Å². The fourth-order valence-electron chi connectivity index (χ4n) is 2.34. The summed E-state index contributed by atoms with van der Waals surface area (Å²) in [6, 6.07) is 0. The second-order valence-electron chi connectivity index (χ2n) is 6.88. The lowest BCUT2D eigenvalue weighted by atomic mass is 10.1. The minimum absolute atomic E-state index is 0.0278.